The molecule has 0 saturated carbocycles. The van der Waals surface area contributed by atoms with Gasteiger partial charge < -0.3 is 15.1 Å². The van der Waals surface area contributed by atoms with Crippen molar-refractivity contribution in [2.24, 2.45) is 0 Å². The molecule has 2 rings (SSSR count). The topological polar surface area (TPSA) is 75.9 Å². The number of nitrogens with one attached hydrogen (secondary N) is 2. The molecule has 7 heteroatoms. The summed E-state index contributed by atoms with van der Waals surface area (Å²) >= 11 is 1.65. The van der Waals surface area contributed by atoms with Crippen molar-refractivity contribution in [1.82, 2.24) is 20.5 Å². The summed E-state index contributed by atoms with van der Waals surface area (Å²) in [5.74, 6) is 0.601. The Morgan fingerprint density at radius 1 is 1.41 bits per heavy atom. The van der Waals surface area contributed by atoms with Gasteiger partial charge in [-0.3, -0.25) is 0 Å². The minimum absolute atomic E-state index is 0.467. The van der Waals surface area contributed by atoms with Gasteiger partial charge in [0.05, 0.1) is 11.6 Å². The van der Waals surface area contributed by atoms with E-state index in [1.165, 1.54) is 0 Å². The maximum atomic E-state index is 5.39. The van der Waals surface area contributed by atoms with E-state index in [0.717, 1.165) is 24.5 Å². The van der Waals surface area contributed by atoms with Crippen molar-refractivity contribution in [3.63, 3.8) is 0 Å². The van der Waals surface area contributed by atoms with Crippen molar-refractivity contribution in [3.05, 3.63) is 22.5 Å². The Balaban J connectivity index is 1.73. The van der Waals surface area contributed by atoms with E-state index in [0.29, 0.717) is 18.5 Å². The van der Waals surface area contributed by atoms with Crippen LogP contribution >= 0.6 is 11.3 Å². The maximum Gasteiger partial charge on any atom is 0.315 e. The lowest BCUT2D eigenvalue weighted by molar-refractivity contribution is 0.481. The summed E-state index contributed by atoms with van der Waals surface area (Å²) in [4.78, 5) is 4.20. The first-order chi connectivity index (χ1) is 8.38. The Morgan fingerprint density at radius 3 is 3.12 bits per heavy atom. The van der Waals surface area contributed by atoms with Gasteiger partial charge in [-0.2, -0.15) is 0 Å². The van der Waals surface area contributed by atoms with E-state index in [1.54, 1.807) is 17.5 Å². The summed E-state index contributed by atoms with van der Waals surface area (Å²) in [6.07, 6.45) is 2.67. The Kier molecular flexibility index (Phi) is 4.45. The molecule has 0 fully saturated rings. The third kappa shape index (κ3) is 3.79. The molecule has 2 aromatic heterocycles. The van der Waals surface area contributed by atoms with E-state index in [1.807, 2.05) is 12.3 Å². The van der Waals surface area contributed by atoms with Crippen molar-refractivity contribution < 1.29 is 4.42 Å². The highest BCUT2D eigenvalue weighted by atomic mass is 32.1. The summed E-state index contributed by atoms with van der Waals surface area (Å²) in [5.41, 5.74) is 0. The molecule has 6 nitrogen and oxygen atoms in total. The van der Waals surface area contributed by atoms with Gasteiger partial charge in [0.15, 0.2) is 0 Å². The summed E-state index contributed by atoms with van der Waals surface area (Å²) in [5, 5.41) is 17.1. The van der Waals surface area contributed by atoms with E-state index in [4.69, 9.17) is 4.42 Å². The first-order valence-electron chi connectivity index (χ1n) is 5.54. The van der Waals surface area contributed by atoms with Crippen LogP contribution in [0.2, 0.25) is 0 Å². The summed E-state index contributed by atoms with van der Waals surface area (Å²) < 4.78 is 5.39. The molecule has 0 bridgehead atoms. The van der Waals surface area contributed by atoms with Gasteiger partial charge in [0.2, 0.25) is 5.89 Å². The predicted octanol–water partition coefficient (Wildman–Crippen LogP) is 1.29. The lowest BCUT2D eigenvalue weighted by Gasteiger charge is -1.98. The Morgan fingerprint density at radius 2 is 2.35 bits per heavy atom. The number of rotatable bonds is 7. The highest BCUT2D eigenvalue weighted by Gasteiger charge is 2.04. The Hall–Kier alpha value is -1.47. The van der Waals surface area contributed by atoms with Gasteiger partial charge in [-0.1, -0.05) is 12.0 Å². The number of thiazole rings is 1. The fourth-order valence-corrected chi connectivity index (χ4v) is 1.90. The highest BCUT2D eigenvalue weighted by molar-refractivity contribution is 7.09. The van der Waals surface area contributed by atoms with Gasteiger partial charge in [-0.25, -0.2) is 4.98 Å². The van der Waals surface area contributed by atoms with Crippen molar-refractivity contribution in [3.8, 4) is 0 Å². The molecule has 2 heterocycles. The molecule has 0 saturated heterocycles. The van der Waals surface area contributed by atoms with Crippen LogP contribution in [0.25, 0.3) is 0 Å². The highest BCUT2D eigenvalue weighted by Crippen LogP contribution is 2.07. The van der Waals surface area contributed by atoms with E-state index in [9.17, 15) is 0 Å². The van der Waals surface area contributed by atoms with E-state index in [-0.39, 0.29) is 0 Å². The third-order valence-corrected chi connectivity index (χ3v) is 2.93. The second-order valence-corrected chi connectivity index (χ2v) is 4.36. The van der Waals surface area contributed by atoms with Gasteiger partial charge in [-0.05, 0) is 6.54 Å². The van der Waals surface area contributed by atoms with Crippen LogP contribution in [0, 0.1) is 0 Å². The van der Waals surface area contributed by atoms with Crippen LogP contribution in [0.15, 0.2) is 16.0 Å². The Bertz CT molecular complexity index is 428. The fraction of sp³-hybridized carbons (Fsp3) is 0.500. The second kappa shape index (κ2) is 6.31. The molecule has 0 spiro atoms. The molecular formula is C10H15N5OS. The number of anilines is 1. The average Bonchev–Trinajstić information content (AvgIpc) is 2.98. The van der Waals surface area contributed by atoms with Gasteiger partial charge in [0, 0.05) is 24.5 Å². The van der Waals surface area contributed by atoms with Crippen LogP contribution in [0.1, 0.15) is 17.8 Å². The lowest BCUT2D eigenvalue weighted by atomic mass is 10.4. The van der Waals surface area contributed by atoms with Gasteiger partial charge in [0.25, 0.3) is 0 Å². The van der Waals surface area contributed by atoms with Gasteiger partial charge >= 0.3 is 6.01 Å². The SMILES string of the molecule is CCNCc1nnc(NCCc2nccs2)o1. The van der Waals surface area contributed by atoms with Crippen molar-refractivity contribution >= 4 is 17.4 Å². The molecule has 0 amide bonds. The van der Waals surface area contributed by atoms with Crippen molar-refractivity contribution in [2.45, 2.75) is 19.9 Å². The normalized spacial score (nSPS) is 10.6. The molecule has 92 valence electrons. The van der Waals surface area contributed by atoms with Crippen LogP contribution in [0.5, 0.6) is 0 Å². The largest absolute Gasteiger partial charge is 0.407 e. The molecule has 2 aromatic rings. The third-order valence-electron chi connectivity index (χ3n) is 2.09. The van der Waals surface area contributed by atoms with E-state index in [2.05, 4.69) is 25.8 Å². The van der Waals surface area contributed by atoms with Crippen molar-refractivity contribution in [2.75, 3.05) is 18.4 Å². The quantitative estimate of drug-likeness (QED) is 0.774. The molecular weight excluding hydrogens is 238 g/mol. The fourth-order valence-electron chi connectivity index (χ4n) is 1.28. The van der Waals surface area contributed by atoms with Gasteiger partial charge in [-0.15, -0.1) is 16.4 Å². The zero-order chi connectivity index (χ0) is 11.9. The zero-order valence-corrected chi connectivity index (χ0v) is 10.5. The number of hydrogen-bond donors (Lipinski definition) is 2. The number of aromatic nitrogens is 3. The molecule has 0 radical (unpaired) electrons. The smallest absolute Gasteiger partial charge is 0.315 e. The van der Waals surface area contributed by atoms with Crippen LogP contribution in [-0.4, -0.2) is 28.3 Å². The van der Waals surface area contributed by atoms with E-state index < -0.39 is 0 Å². The van der Waals surface area contributed by atoms with Crippen molar-refractivity contribution in [1.29, 1.82) is 0 Å². The summed E-state index contributed by atoms with van der Waals surface area (Å²) in [7, 11) is 0. The molecule has 0 atom stereocenters. The molecule has 0 aliphatic rings. The maximum absolute atomic E-state index is 5.39. The van der Waals surface area contributed by atoms with E-state index >= 15 is 0 Å². The number of nitrogens with zero attached hydrogens (tertiary/aromatic N) is 3. The molecule has 2 N–H and O–H groups in total. The van der Waals surface area contributed by atoms with Crippen LogP contribution in [0.3, 0.4) is 0 Å². The van der Waals surface area contributed by atoms with Crippen LogP contribution < -0.4 is 10.6 Å². The molecule has 0 aromatic carbocycles. The van der Waals surface area contributed by atoms with Gasteiger partial charge in [0.1, 0.15) is 0 Å². The first kappa shape index (κ1) is 12.0. The molecule has 17 heavy (non-hydrogen) atoms. The first-order valence-corrected chi connectivity index (χ1v) is 6.41. The molecule has 0 unspecified atom stereocenters. The summed E-state index contributed by atoms with van der Waals surface area (Å²) in [6.45, 7) is 4.27. The minimum atomic E-state index is 0.467. The Labute approximate surface area is 103 Å². The minimum Gasteiger partial charge on any atom is -0.407 e. The lowest BCUT2D eigenvalue weighted by Crippen LogP contribution is -2.11. The summed E-state index contributed by atoms with van der Waals surface area (Å²) in [6, 6.07) is 0.467. The molecule has 0 aliphatic carbocycles. The second-order valence-electron chi connectivity index (χ2n) is 3.38. The zero-order valence-electron chi connectivity index (χ0n) is 9.64. The average molecular weight is 253 g/mol. The molecule has 0 aliphatic heterocycles. The van der Waals surface area contributed by atoms with Crippen LogP contribution in [-0.2, 0) is 13.0 Å². The number of hydrogen-bond acceptors (Lipinski definition) is 7. The van der Waals surface area contributed by atoms with Crippen LogP contribution in [0.4, 0.5) is 6.01 Å². The monoisotopic (exact) mass is 253 g/mol. The predicted molar refractivity (Wildman–Crippen MR) is 66.0 cm³/mol. The standard InChI is InChI=1S/C10H15N5OS/c1-2-11-7-8-14-15-10(16-8)13-4-3-9-12-5-6-17-9/h5-6,11H,2-4,7H2,1H3,(H,13,15).